The summed E-state index contributed by atoms with van der Waals surface area (Å²) < 4.78 is 5.69. The molecule has 3 rings (SSSR count). The van der Waals surface area contributed by atoms with Crippen molar-refractivity contribution in [2.45, 2.75) is 95.8 Å². The molecule has 0 aromatic carbocycles. The molecule has 2 heterocycles. The number of rotatable bonds is 5. The van der Waals surface area contributed by atoms with E-state index < -0.39 is 7.44 Å². The minimum Gasteiger partial charge on any atom is -0.177 e. The first kappa shape index (κ1) is 16.3. The van der Waals surface area contributed by atoms with E-state index in [0.29, 0.717) is 0 Å². The maximum atomic E-state index is 7.41. The Labute approximate surface area is 133 Å². The lowest BCUT2D eigenvalue weighted by molar-refractivity contribution is 0.331. The van der Waals surface area contributed by atoms with E-state index in [9.17, 15) is 0 Å². The van der Waals surface area contributed by atoms with Gasteiger partial charge in [-0.15, -0.1) is 0 Å². The Morgan fingerprint density at radius 2 is 1.29 bits per heavy atom. The zero-order chi connectivity index (χ0) is 14.9. The Morgan fingerprint density at radius 3 is 1.71 bits per heavy atom. The molecule has 0 aromatic rings. The third kappa shape index (κ3) is 2.84. The molecule has 3 fully saturated rings. The van der Waals surface area contributed by atoms with Crippen LogP contribution < -0.4 is 0 Å². The summed E-state index contributed by atoms with van der Waals surface area (Å²) in [6, 6.07) is 1.53. The average molecular weight is 307 g/mol. The van der Waals surface area contributed by atoms with Crippen molar-refractivity contribution in [2.75, 3.05) is 13.1 Å². The molecule has 2 atom stereocenters. The smallest absolute Gasteiger partial charge is 0.177 e. The highest BCUT2D eigenvalue weighted by Crippen LogP contribution is 2.71. The maximum absolute atomic E-state index is 7.41. The predicted octanol–water partition coefficient (Wildman–Crippen LogP) is 4.61. The number of nitrogens with zero attached hydrogens (tertiary/aromatic N) is 2. The van der Waals surface area contributed by atoms with Crippen LogP contribution in [0.15, 0.2) is 0 Å². The third-order valence-corrected chi connectivity index (χ3v) is 10.6. The van der Waals surface area contributed by atoms with Crippen LogP contribution in [0.5, 0.6) is 0 Å². The molecule has 118 valence electrons. The molecule has 2 aliphatic heterocycles. The Morgan fingerprint density at radius 1 is 0.810 bits per heavy atom. The normalized spacial score (nSPS) is 33.2. The fourth-order valence-corrected chi connectivity index (χ4v) is 9.95. The van der Waals surface area contributed by atoms with Gasteiger partial charge in [-0.1, -0.05) is 13.8 Å². The second-order valence-electron chi connectivity index (χ2n) is 7.37. The summed E-state index contributed by atoms with van der Waals surface area (Å²) in [5, 5.41) is 0. The largest absolute Gasteiger partial charge is 0.409 e. The summed E-state index contributed by atoms with van der Waals surface area (Å²) >= 11 is 0. The van der Waals surface area contributed by atoms with Crippen LogP contribution in [0.25, 0.3) is 0 Å². The summed E-state index contributed by atoms with van der Waals surface area (Å²) in [5.74, 6) is 0. The maximum Gasteiger partial charge on any atom is 0.409 e. The minimum atomic E-state index is -1.59. The van der Waals surface area contributed by atoms with Crippen LogP contribution in [0, 0.1) is 0 Å². The molecule has 0 spiro atoms. The van der Waals surface area contributed by atoms with Crippen LogP contribution in [0.4, 0.5) is 0 Å². The molecule has 0 bridgehead atoms. The highest BCUT2D eigenvalue weighted by atomic mass is 31.2. The van der Waals surface area contributed by atoms with Crippen molar-refractivity contribution in [2.24, 2.45) is 0 Å². The number of hydrogen-bond donors (Lipinski definition) is 0. The molecule has 2 radical (unpaired) electrons. The molecule has 21 heavy (non-hydrogen) atoms. The van der Waals surface area contributed by atoms with E-state index in [-0.39, 0.29) is 0 Å². The summed E-state index contributed by atoms with van der Waals surface area (Å²) in [5.41, 5.74) is 0.803. The van der Waals surface area contributed by atoms with Gasteiger partial charge in [0.2, 0.25) is 0 Å². The van der Waals surface area contributed by atoms with Gasteiger partial charge in [0.15, 0.2) is 0 Å². The molecule has 1 saturated carbocycles. The van der Waals surface area contributed by atoms with Crippen molar-refractivity contribution >= 4 is 15.0 Å². The summed E-state index contributed by atoms with van der Waals surface area (Å²) in [4.78, 5) is 0. The monoisotopic (exact) mass is 307 g/mol. The van der Waals surface area contributed by atoms with Crippen molar-refractivity contribution in [1.29, 1.82) is 0 Å². The highest BCUT2D eigenvalue weighted by Gasteiger charge is 2.57. The molecule has 4 heteroatoms. The van der Waals surface area contributed by atoms with E-state index in [1.54, 1.807) is 0 Å². The van der Waals surface area contributed by atoms with Crippen LogP contribution in [0.1, 0.15) is 78.1 Å². The standard InChI is InChI=1S/C17H33BN2P/c1-3-15-9-7-13-19(15)21(18,17-11-5-6-12-17)20-14-8-10-16(20)4-2/h15-17H,3-14H2,1-2H3/q+1/t15-,16-/m1/s1. The Bertz CT molecular complexity index is 324. The lowest BCUT2D eigenvalue weighted by atomic mass is 10.2. The summed E-state index contributed by atoms with van der Waals surface area (Å²) in [7, 11) is 5.82. The topological polar surface area (TPSA) is 6.48 Å². The molecule has 2 nitrogen and oxygen atoms in total. The fourth-order valence-electron chi connectivity index (χ4n) is 5.17. The fraction of sp³-hybridized carbons (Fsp3) is 1.00. The number of hydrogen-bond acceptors (Lipinski definition) is 2. The van der Waals surface area contributed by atoms with Crippen molar-refractivity contribution in [1.82, 2.24) is 9.34 Å². The molecule has 0 unspecified atom stereocenters. The third-order valence-electron chi connectivity index (χ3n) is 6.32. The van der Waals surface area contributed by atoms with E-state index in [1.165, 1.54) is 77.3 Å². The SMILES string of the molecule is [B][P+](C1CCCC1)(N1CCC[C@H]1CC)N1CCC[C@H]1CC. The Kier molecular flexibility index (Phi) is 5.34. The molecule has 1 aliphatic carbocycles. The lowest BCUT2D eigenvalue weighted by Crippen LogP contribution is -2.45. The van der Waals surface area contributed by atoms with E-state index in [4.69, 9.17) is 7.57 Å². The summed E-state index contributed by atoms with van der Waals surface area (Å²) in [6.45, 7) is 7.27. The molecule has 0 amide bonds. The van der Waals surface area contributed by atoms with Gasteiger partial charge >= 0.3 is 7.57 Å². The molecular weight excluding hydrogens is 274 g/mol. The first-order valence-electron chi connectivity index (χ1n) is 9.43. The Hall–Kier alpha value is 0.415. The van der Waals surface area contributed by atoms with Crippen LogP contribution in [0.3, 0.4) is 0 Å². The van der Waals surface area contributed by atoms with Crippen LogP contribution >= 0.6 is 7.44 Å². The van der Waals surface area contributed by atoms with Gasteiger partial charge in [0, 0.05) is 25.2 Å². The van der Waals surface area contributed by atoms with Gasteiger partial charge in [0.25, 0.3) is 0 Å². The first-order chi connectivity index (χ1) is 10.2. The van der Waals surface area contributed by atoms with E-state index in [2.05, 4.69) is 23.2 Å². The van der Waals surface area contributed by atoms with E-state index in [0.717, 1.165) is 17.7 Å². The van der Waals surface area contributed by atoms with E-state index in [1.807, 2.05) is 0 Å². The lowest BCUT2D eigenvalue weighted by Gasteiger charge is -2.46. The quantitative estimate of drug-likeness (QED) is 0.540. The van der Waals surface area contributed by atoms with Gasteiger partial charge in [-0.3, -0.25) is 0 Å². The second-order valence-corrected chi connectivity index (χ2v) is 10.5. The predicted molar refractivity (Wildman–Crippen MR) is 95.0 cm³/mol. The van der Waals surface area contributed by atoms with Crippen LogP contribution in [0.2, 0.25) is 0 Å². The Balaban J connectivity index is 1.90. The van der Waals surface area contributed by atoms with Gasteiger partial charge in [-0.2, -0.15) is 9.34 Å². The second kappa shape index (κ2) is 6.89. The van der Waals surface area contributed by atoms with Gasteiger partial charge in [0.05, 0.1) is 5.66 Å². The van der Waals surface area contributed by atoms with Crippen LogP contribution in [-0.2, 0) is 0 Å². The first-order valence-corrected chi connectivity index (χ1v) is 11.3. The van der Waals surface area contributed by atoms with Gasteiger partial charge < -0.3 is 0 Å². The van der Waals surface area contributed by atoms with Gasteiger partial charge in [-0.25, -0.2) is 0 Å². The van der Waals surface area contributed by atoms with Gasteiger partial charge in [-0.05, 0) is 64.2 Å². The van der Waals surface area contributed by atoms with E-state index >= 15 is 0 Å². The van der Waals surface area contributed by atoms with Crippen molar-refractivity contribution in [3.63, 3.8) is 0 Å². The van der Waals surface area contributed by atoms with Crippen LogP contribution in [-0.4, -0.2) is 47.7 Å². The molecule has 3 aliphatic rings. The molecule has 0 aromatic heterocycles. The highest BCUT2D eigenvalue weighted by molar-refractivity contribution is 7.94. The van der Waals surface area contributed by atoms with Crippen molar-refractivity contribution < 1.29 is 0 Å². The molecular formula is C17H33BN2P+. The molecule has 0 N–H and O–H groups in total. The average Bonchev–Trinajstić information content (AvgIpc) is 3.26. The van der Waals surface area contributed by atoms with Crippen molar-refractivity contribution in [3.05, 3.63) is 0 Å². The van der Waals surface area contributed by atoms with Gasteiger partial charge in [0.1, 0.15) is 7.44 Å². The zero-order valence-electron chi connectivity index (χ0n) is 14.1. The minimum absolute atomic E-state index is 0.766. The zero-order valence-corrected chi connectivity index (χ0v) is 15.0. The molecule has 2 saturated heterocycles. The summed E-state index contributed by atoms with van der Waals surface area (Å²) in [6.07, 6.45) is 13.7. The van der Waals surface area contributed by atoms with Crippen molar-refractivity contribution in [3.8, 4) is 0 Å².